The lowest BCUT2D eigenvalue weighted by atomic mass is 9.95. The van der Waals surface area contributed by atoms with Gasteiger partial charge in [-0.15, -0.1) is 0 Å². The van der Waals surface area contributed by atoms with Gasteiger partial charge in [0.2, 0.25) is 0 Å². The fourth-order valence-electron chi connectivity index (χ4n) is 3.25. The highest BCUT2D eigenvalue weighted by atomic mass is 28.2. The Hall–Kier alpha value is 0.0969. The minimum Gasteiger partial charge on any atom is -0.351 e. The van der Waals surface area contributed by atoms with Crippen LogP contribution in [0.4, 0.5) is 0 Å². The summed E-state index contributed by atoms with van der Waals surface area (Å²) in [6, 6.07) is 0.852. The van der Waals surface area contributed by atoms with E-state index in [-0.39, 0.29) is 9.84 Å². The van der Waals surface area contributed by atoms with Crippen LogP contribution in [-0.2, 0) is 4.74 Å². The van der Waals surface area contributed by atoms with Crippen molar-refractivity contribution in [3.8, 4) is 0 Å². The third-order valence-electron chi connectivity index (χ3n) is 4.55. The van der Waals surface area contributed by atoms with Gasteiger partial charge in [0.25, 0.3) is 0 Å². The Bertz CT molecular complexity index is 246. The van der Waals surface area contributed by atoms with E-state index in [4.69, 9.17) is 4.74 Å². The van der Waals surface area contributed by atoms with E-state index < -0.39 is 0 Å². The summed E-state index contributed by atoms with van der Waals surface area (Å²) in [7, 11) is -0.172. The molecule has 0 aromatic carbocycles. The molecule has 19 heavy (non-hydrogen) atoms. The number of hydrogen-bond acceptors (Lipinski definition) is 3. The van der Waals surface area contributed by atoms with Crippen molar-refractivity contribution >= 4 is 9.84 Å². The lowest BCUT2D eigenvalue weighted by molar-refractivity contribution is -0.152. The highest BCUT2D eigenvalue weighted by Gasteiger charge is 2.41. The third kappa shape index (κ3) is 4.28. The number of ether oxygens (including phenoxy) is 1. The molecule has 0 amide bonds. The van der Waals surface area contributed by atoms with E-state index in [9.17, 15) is 0 Å². The van der Waals surface area contributed by atoms with Gasteiger partial charge < -0.3 is 4.74 Å². The van der Waals surface area contributed by atoms with Crippen molar-refractivity contribution < 1.29 is 4.74 Å². The summed E-state index contributed by atoms with van der Waals surface area (Å²) < 4.78 is 11.6. The van der Waals surface area contributed by atoms with Crippen molar-refractivity contribution in [1.29, 1.82) is 0 Å². The molecule has 0 N–H and O–H groups in total. The van der Waals surface area contributed by atoms with Gasteiger partial charge >= 0.3 is 0 Å². The first-order chi connectivity index (χ1) is 9.36. The van der Waals surface area contributed by atoms with Crippen molar-refractivity contribution in [2.24, 2.45) is 0 Å². The van der Waals surface area contributed by atoms with E-state index in [0.29, 0.717) is 6.35 Å². The van der Waals surface area contributed by atoms with E-state index in [0.717, 1.165) is 12.6 Å². The molecule has 2 rings (SSSR count). The Kier molecular flexibility index (Phi) is 6.84. The number of unbranched alkanes of at least 4 members (excludes halogenated alkanes) is 2. The fraction of sp³-hybridized carbons (Fsp3) is 1.00. The van der Waals surface area contributed by atoms with E-state index >= 15 is 0 Å². The largest absolute Gasteiger partial charge is 0.351 e. The topological polar surface area (TPSA) is 15.7 Å². The summed E-state index contributed by atoms with van der Waals surface area (Å²) in [6.45, 7) is 6.74. The zero-order chi connectivity index (χ0) is 13.5. The molecule has 0 spiro atoms. The summed E-state index contributed by atoms with van der Waals surface area (Å²) in [4.78, 5) is 0. The molecule has 112 valence electrons. The van der Waals surface area contributed by atoms with Crippen LogP contribution in [0.1, 0.15) is 71.6 Å². The number of nitrogens with zero attached hydrogens (tertiary/aromatic N) is 2. The van der Waals surface area contributed by atoms with Crippen molar-refractivity contribution in [3.63, 3.8) is 0 Å². The first-order valence-corrected chi connectivity index (χ1v) is 9.74. The minimum absolute atomic E-state index is 0.172. The second-order valence-corrected chi connectivity index (χ2v) is 7.99. The average Bonchev–Trinajstić information content (AvgIpc) is 2.44. The van der Waals surface area contributed by atoms with Gasteiger partial charge in [0, 0.05) is 6.04 Å². The van der Waals surface area contributed by atoms with Crippen molar-refractivity contribution in [3.05, 3.63) is 0 Å². The molecule has 1 saturated carbocycles. The third-order valence-corrected chi connectivity index (χ3v) is 6.70. The fourth-order valence-corrected chi connectivity index (χ4v) is 5.25. The smallest absolute Gasteiger partial charge is 0.179 e. The molecule has 2 aliphatic rings. The van der Waals surface area contributed by atoms with E-state index in [2.05, 4.69) is 23.0 Å². The molecule has 1 atom stereocenters. The molecule has 1 aliphatic carbocycles. The van der Waals surface area contributed by atoms with E-state index in [1.807, 2.05) is 0 Å². The van der Waals surface area contributed by atoms with Crippen LogP contribution < -0.4 is 0 Å². The monoisotopic (exact) mass is 284 g/mol. The van der Waals surface area contributed by atoms with Crippen LogP contribution in [0.5, 0.6) is 0 Å². The first-order valence-electron chi connectivity index (χ1n) is 8.48. The van der Waals surface area contributed by atoms with Gasteiger partial charge in [0.1, 0.15) is 0 Å². The Morgan fingerprint density at radius 2 is 1.79 bits per heavy atom. The zero-order valence-electron chi connectivity index (χ0n) is 12.9. The molecule has 0 bridgehead atoms. The molecular weight excluding hydrogens is 252 g/mol. The number of rotatable bonds is 8. The summed E-state index contributed by atoms with van der Waals surface area (Å²) >= 11 is 0. The van der Waals surface area contributed by atoms with Crippen LogP contribution in [0.3, 0.4) is 0 Å². The maximum Gasteiger partial charge on any atom is 0.179 e. The molecule has 1 saturated heterocycles. The van der Waals surface area contributed by atoms with Crippen LogP contribution >= 0.6 is 0 Å². The zero-order valence-corrected chi connectivity index (χ0v) is 14.4. The maximum atomic E-state index is 6.18. The van der Waals surface area contributed by atoms with E-state index in [1.54, 1.807) is 0 Å². The van der Waals surface area contributed by atoms with Crippen LogP contribution in [0, 0.1) is 0 Å². The highest BCUT2D eigenvalue weighted by molar-refractivity contribution is 6.32. The van der Waals surface area contributed by atoms with Crippen LogP contribution in [-0.4, -0.2) is 44.5 Å². The molecule has 1 heterocycles. The Balaban J connectivity index is 1.80. The lowest BCUT2D eigenvalue weighted by Crippen LogP contribution is -2.70. The van der Waals surface area contributed by atoms with Gasteiger partial charge in [0.05, 0.1) is 6.61 Å². The van der Waals surface area contributed by atoms with E-state index in [1.165, 1.54) is 64.3 Å². The SMILES string of the molecule is CCCCOC1N(CCCC)[SiH2]N1C1CCCCC1. The quantitative estimate of drug-likeness (QED) is 0.503. The van der Waals surface area contributed by atoms with Gasteiger partial charge in [-0.2, -0.15) is 0 Å². The Morgan fingerprint density at radius 1 is 1.05 bits per heavy atom. The van der Waals surface area contributed by atoms with Crippen LogP contribution in [0.25, 0.3) is 0 Å². The second-order valence-electron chi connectivity index (χ2n) is 6.16. The molecule has 1 unspecified atom stereocenters. The Labute approximate surface area is 121 Å². The maximum absolute atomic E-state index is 6.18. The summed E-state index contributed by atoms with van der Waals surface area (Å²) in [5.41, 5.74) is 0. The molecular formula is C15H32N2OSi. The minimum atomic E-state index is -0.172. The predicted octanol–water partition coefficient (Wildman–Crippen LogP) is 2.84. The molecule has 1 aliphatic heterocycles. The van der Waals surface area contributed by atoms with Gasteiger partial charge in [-0.25, -0.2) is 0 Å². The lowest BCUT2D eigenvalue weighted by Gasteiger charge is -2.54. The number of hydrogen-bond donors (Lipinski definition) is 0. The summed E-state index contributed by atoms with van der Waals surface area (Å²) in [6.07, 6.45) is 12.6. The molecule has 0 aromatic heterocycles. The van der Waals surface area contributed by atoms with Crippen LogP contribution in [0.2, 0.25) is 0 Å². The van der Waals surface area contributed by atoms with Gasteiger partial charge in [-0.3, -0.25) is 9.13 Å². The van der Waals surface area contributed by atoms with Crippen molar-refractivity contribution in [2.45, 2.75) is 84.0 Å². The highest BCUT2D eigenvalue weighted by Crippen LogP contribution is 2.30. The molecule has 2 fully saturated rings. The molecule has 3 nitrogen and oxygen atoms in total. The first kappa shape index (κ1) is 15.5. The average molecular weight is 285 g/mol. The molecule has 0 radical (unpaired) electrons. The van der Waals surface area contributed by atoms with Crippen molar-refractivity contribution in [1.82, 2.24) is 9.13 Å². The second kappa shape index (κ2) is 8.40. The van der Waals surface area contributed by atoms with Crippen molar-refractivity contribution in [2.75, 3.05) is 13.2 Å². The van der Waals surface area contributed by atoms with Crippen LogP contribution in [0.15, 0.2) is 0 Å². The summed E-state index contributed by atoms with van der Waals surface area (Å²) in [5, 5.41) is 0. The predicted molar refractivity (Wildman–Crippen MR) is 83.5 cm³/mol. The molecule has 4 heteroatoms. The van der Waals surface area contributed by atoms with Gasteiger partial charge in [0.15, 0.2) is 16.2 Å². The van der Waals surface area contributed by atoms with Gasteiger partial charge in [-0.05, 0) is 32.2 Å². The normalized spacial score (nSPS) is 27.8. The molecule has 0 aromatic rings. The van der Waals surface area contributed by atoms with Gasteiger partial charge in [-0.1, -0.05) is 46.0 Å². The summed E-state index contributed by atoms with van der Waals surface area (Å²) in [5.74, 6) is 0. The standard InChI is InChI=1S/C15H32N2OSi/c1-3-5-12-16-15(18-13-6-4-2)17(19-16)14-10-8-7-9-11-14/h14-15H,3-13,19H2,1-2H3. The Morgan fingerprint density at radius 3 is 2.47 bits per heavy atom.